The molecule has 7 nitrogen and oxygen atoms in total. The topological polar surface area (TPSA) is 73.8 Å². The van der Waals surface area contributed by atoms with E-state index in [-0.39, 0.29) is 16.8 Å². The van der Waals surface area contributed by atoms with Crippen LogP contribution in [0.1, 0.15) is 56.0 Å². The number of carbonyl (C=O) groups excluding carboxylic acids is 1. The molecular weight excluding hydrogens is 492 g/mol. The van der Waals surface area contributed by atoms with Crippen LogP contribution in [0, 0.1) is 6.92 Å². The summed E-state index contributed by atoms with van der Waals surface area (Å²) in [5.41, 5.74) is 2.48. The number of aryl methyl sites for hydroxylation is 1. The lowest BCUT2D eigenvalue weighted by Gasteiger charge is -2.32. The molecule has 36 heavy (non-hydrogen) atoms. The number of carbonyl (C=O) groups is 1. The van der Waals surface area contributed by atoms with Gasteiger partial charge in [0.2, 0.25) is 10.0 Å². The van der Waals surface area contributed by atoms with Crippen molar-refractivity contribution in [1.82, 2.24) is 14.2 Å². The molecule has 194 valence electrons. The van der Waals surface area contributed by atoms with Gasteiger partial charge < -0.3 is 4.90 Å². The number of anilines is 1. The molecule has 1 fully saturated rings. The summed E-state index contributed by atoms with van der Waals surface area (Å²) in [5.74, 6) is -0.173. The van der Waals surface area contributed by atoms with Crippen molar-refractivity contribution in [2.45, 2.75) is 57.9 Å². The molecule has 0 spiro atoms. The Morgan fingerprint density at radius 2 is 1.81 bits per heavy atom. The second-order valence-corrected chi connectivity index (χ2v) is 12.3. The zero-order chi connectivity index (χ0) is 25.9. The fourth-order valence-electron chi connectivity index (χ4n) is 4.69. The Hall–Kier alpha value is -2.33. The van der Waals surface area contributed by atoms with Gasteiger partial charge in [0.05, 0.1) is 15.1 Å². The molecule has 2 aromatic carbocycles. The molecule has 0 saturated carbocycles. The van der Waals surface area contributed by atoms with Gasteiger partial charge in [0, 0.05) is 31.2 Å². The monoisotopic (exact) mass is 528 g/mol. The van der Waals surface area contributed by atoms with Gasteiger partial charge in [0.1, 0.15) is 0 Å². The first kappa shape index (κ1) is 26.7. The molecule has 1 atom stereocenters. The smallest absolute Gasteiger partial charge is 0.260 e. The minimum absolute atomic E-state index is 0.0108. The van der Waals surface area contributed by atoms with Gasteiger partial charge in [-0.15, -0.1) is 0 Å². The van der Waals surface area contributed by atoms with Crippen LogP contribution in [0.3, 0.4) is 0 Å². The first-order valence-corrected chi connectivity index (χ1v) is 15.0. The number of amides is 1. The number of benzene rings is 2. The van der Waals surface area contributed by atoms with Gasteiger partial charge in [-0.1, -0.05) is 37.7 Å². The van der Waals surface area contributed by atoms with Crippen molar-refractivity contribution in [2.75, 3.05) is 37.6 Å². The highest BCUT2D eigenvalue weighted by Crippen LogP contribution is 2.31. The Bertz CT molecular complexity index is 1300. The Morgan fingerprint density at radius 3 is 2.47 bits per heavy atom. The van der Waals surface area contributed by atoms with Gasteiger partial charge >= 0.3 is 0 Å². The third-order valence-corrected chi connectivity index (χ3v) is 10.1. The minimum atomic E-state index is -3.58. The molecule has 1 saturated heterocycles. The van der Waals surface area contributed by atoms with Gasteiger partial charge in [-0.3, -0.25) is 9.69 Å². The van der Waals surface area contributed by atoms with E-state index in [0.29, 0.717) is 23.8 Å². The van der Waals surface area contributed by atoms with Crippen molar-refractivity contribution in [3.63, 3.8) is 0 Å². The van der Waals surface area contributed by atoms with Gasteiger partial charge in [-0.05, 0) is 81.7 Å². The van der Waals surface area contributed by atoms with Gasteiger partial charge in [-0.25, -0.2) is 13.4 Å². The highest BCUT2D eigenvalue weighted by molar-refractivity contribution is 7.89. The van der Waals surface area contributed by atoms with Crippen LogP contribution in [0.25, 0.3) is 10.2 Å². The minimum Gasteiger partial charge on any atom is -0.302 e. The number of thiazole rings is 1. The molecule has 1 unspecified atom stereocenters. The predicted octanol–water partition coefficient (Wildman–Crippen LogP) is 5.16. The lowest BCUT2D eigenvalue weighted by Crippen LogP contribution is -2.42. The van der Waals surface area contributed by atoms with E-state index in [4.69, 9.17) is 4.98 Å². The summed E-state index contributed by atoms with van der Waals surface area (Å²) in [6.45, 7) is 11.8. The quantitative estimate of drug-likeness (QED) is 0.384. The zero-order valence-electron chi connectivity index (χ0n) is 21.6. The van der Waals surface area contributed by atoms with Crippen molar-refractivity contribution < 1.29 is 13.2 Å². The second-order valence-electron chi connectivity index (χ2n) is 9.44. The van der Waals surface area contributed by atoms with E-state index < -0.39 is 10.0 Å². The van der Waals surface area contributed by atoms with E-state index >= 15 is 0 Å². The van der Waals surface area contributed by atoms with Crippen LogP contribution < -0.4 is 4.90 Å². The Balaban J connectivity index is 1.62. The van der Waals surface area contributed by atoms with Crippen LogP contribution in [0.15, 0.2) is 47.4 Å². The van der Waals surface area contributed by atoms with Crippen molar-refractivity contribution in [2.24, 2.45) is 0 Å². The summed E-state index contributed by atoms with van der Waals surface area (Å²) in [4.78, 5) is 22.7. The molecule has 1 aliphatic heterocycles. The average molecular weight is 529 g/mol. The van der Waals surface area contributed by atoms with E-state index in [1.165, 1.54) is 11.3 Å². The maximum atomic E-state index is 13.7. The number of aromatic nitrogens is 1. The number of piperidine rings is 1. The van der Waals surface area contributed by atoms with Crippen LogP contribution in [0.4, 0.5) is 5.13 Å². The lowest BCUT2D eigenvalue weighted by atomic mass is 10.1. The molecule has 0 bridgehead atoms. The molecule has 0 radical (unpaired) electrons. The summed E-state index contributed by atoms with van der Waals surface area (Å²) < 4.78 is 29.1. The molecule has 0 N–H and O–H groups in total. The fourth-order valence-corrected chi connectivity index (χ4v) is 7.48. The molecule has 1 amide bonds. The molecule has 4 rings (SSSR count). The number of likely N-dealkylation sites (N-methyl/N-ethyl adjacent to an activating group) is 1. The molecule has 3 aromatic rings. The molecule has 2 heterocycles. The summed E-state index contributed by atoms with van der Waals surface area (Å²) in [7, 11) is -3.58. The Kier molecular flexibility index (Phi) is 8.44. The van der Waals surface area contributed by atoms with Crippen LogP contribution >= 0.6 is 11.3 Å². The number of sulfonamides is 1. The predicted molar refractivity (Wildman–Crippen MR) is 147 cm³/mol. The zero-order valence-corrected chi connectivity index (χ0v) is 23.2. The number of nitrogens with zero attached hydrogens (tertiary/aromatic N) is 4. The van der Waals surface area contributed by atoms with Crippen LogP contribution in [-0.4, -0.2) is 67.3 Å². The van der Waals surface area contributed by atoms with Crippen molar-refractivity contribution >= 4 is 42.6 Å². The molecular formula is C27H36N4O3S2. The first-order valence-electron chi connectivity index (χ1n) is 12.8. The van der Waals surface area contributed by atoms with E-state index in [0.717, 1.165) is 54.7 Å². The van der Waals surface area contributed by atoms with Crippen LogP contribution in [0.2, 0.25) is 0 Å². The number of hydrogen-bond acceptors (Lipinski definition) is 6. The van der Waals surface area contributed by atoms with Gasteiger partial charge in [0.25, 0.3) is 5.91 Å². The standard InChI is InChI=1S/C27H36N4O3S2/c1-5-29(6-2)17-18-30(27-28-24-15-10-20(3)19-25(24)35-27)26(32)22-11-13-23(14-12-22)36(33,34)31-16-8-7-9-21(31)4/h10-15,19,21H,5-9,16-18H2,1-4H3. The third kappa shape index (κ3) is 5.64. The number of hydrogen-bond donors (Lipinski definition) is 0. The summed E-state index contributed by atoms with van der Waals surface area (Å²) in [6, 6.07) is 12.5. The second kappa shape index (κ2) is 11.4. The summed E-state index contributed by atoms with van der Waals surface area (Å²) in [6.07, 6.45) is 2.80. The number of fused-ring (bicyclic) bond motifs is 1. The number of rotatable bonds is 9. The van der Waals surface area contributed by atoms with Crippen LogP contribution in [0.5, 0.6) is 0 Å². The largest absolute Gasteiger partial charge is 0.302 e. The van der Waals surface area contributed by atoms with Gasteiger partial charge in [-0.2, -0.15) is 4.31 Å². The van der Waals surface area contributed by atoms with E-state index in [1.54, 1.807) is 33.5 Å². The van der Waals surface area contributed by atoms with Crippen molar-refractivity contribution in [3.05, 3.63) is 53.6 Å². The summed E-state index contributed by atoms with van der Waals surface area (Å²) in [5, 5.41) is 0.659. The Morgan fingerprint density at radius 1 is 1.08 bits per heavy atom. The van der Waals surface area contributed by atoms with Crippen molar-refractivity contribution in [3.8, 4) is 0 Å². The lowest BCUT2D eigenvalue weighted by molar-refractivity contribution is 0.0983. The fraction of sp³-hybridized carbons (Fsp3) is 0.481. The molecule has 0 aliphatic carbocycles. The van der Waals surface area contributed by atoms with Crippen LogP contribution in [-0.2, 0) is 10.0 Å². The molecule has 1 aliphatic rings. The third-order valence-electron chi connectivity index (χ3n) is 6.99. The van der Waals surface area contributed by atoms with E-state index in [2.05, 4.69) is 24.8 Å². The highest BCUT2D eigenvalue weighted by atomic mass is 32.2. The Labute approximate surface area is 218 Å². The SMILES string of the molecule is CCN(CC)CCN(C(=O)c1ccc(S(=O)(=O)N2CCCCC2C)cc1)c1nc2ccc(C)cc2s1. The average Bonchev–Trinajstić information content (AvgIpc) is 3.29. The van der Waals surface area contributed by atoms with Crippen molar-refractivity contribution in [1.29, 1.82) is 0 Å². The van der Waals surface area contributed by atoms with E-state index in [1.807, 2.05) is 26.0 Å². The van der Waals surface area contributed by atoms with E-state index in [9.17, 15) is 13.2 Å². The molecule has 9 heteroatoms. The highest BCUT2D eigenvalue weighted by Gasteiger charge is 2.31. The summed E-state index contributed by atoms with van der Waals surface area (Å²) >= 11 is 1.51. The first-order chi connectivity index (χ1) is 17.2. The maximum Gasteiger partial charge on any atom is 0.260 e. The maximum absolute atomic E-state index is 13.7. The molecule has 1 aromatic heterocycles. The van der Waals surface area contributed by atoms with Gasteiger partial charge in [0.15, 0.2) is 5.13 Å². The normalized spacial score (nSPS) is 17.1.